The lowest BCUT2D eigenvalue weighted by molar-refractivity contribution is 0.00918. The molecule has 0 saturated carbocycles. The van der Waals surface area contributed by atoms with Crippen molar-refractivity contribution in [2.24, 2.45) is 5.92 Å². The number of para-hydroxylation sites is 1. The number of carbonyl (C=O) groups is 2. The van der Waals surface area contributed by atoms with Crippen LogP contribution in [-0.4, -0.2) is 82.6 Å². The Hall–Kier alpha value is -3.93. The molecule has 3 atom stereocenters. The van der Waals surface area contributed by atoms with E-state index in [-0.39, 0.29) is 29.9 Å². The highest BCUT2D eigenvalue weighted by atomic mass is 32.1. The number of ether oxygens (including phenoxy) is 2. The summed E-state index contributed by atoms with van der Waals surface area (Å²) in [6.45, 7) is 6.35. The van der Waals surface area contributed by atoms with Gasteiger partial charge < -0.3 is 19.7 Å². The molecule has 0 spiro atoms. The van der Waals surface area contributed by atoms with Crippen LogP contribution in [0.2, 0.25) is 0 Å². The van der Waals surface area contributed by atoms with Gasteiger partial charge in [-0.05, 0) is 37.1 Å². The standard InChI is InChI=1S/C30H34N6O4S/c1-19-14-36(15-21-12-31-18-32-13-21)20(2)17-40-25-11-22(9-10-23(25)30(38)35(3)16-26(19)39-4)33-28(37)29-34-24-7-5-6-8-27(24)41-29/h5-13,18-20,26H,14-17H2,1-4H3,(H,33,37)/t19-,20+,26-/m1/s1. The van der Waals surface area contributed by atoms with Crippen LogP contribution in [0.15, 0.2) is 61.2 Å². The topological polar surface area (TPSA) is 110 Å². The minimum absolute atomic E-state index is 0.00346. The minimum Gasteiger partial charge on any atom is -0.491 e. The van der Waals surface area contributed by atoms with Gasteiger partial charge in [-0.2, -0.15) is 0 Å². The zero-order valence-electron chi connectivity index (χ0n) is 23.6. The summed E-state index contributed by atoms with van der Waals surface area (Å²) in [6, 6.07) is 12.7. The van der Waals surface area contributed by atoms with Gasteiger partial charge in [0, 0.05) is 69.5 Å². The van der Waals surface area contributed by atoms with Crippen LogP contribution in [0.4, 0.5) is 5.69 Å². The van der Waals surface area contributed by atoms with Gasteiger partial charge in [-0.25, -0.2) is 15.0 Å². The third-order valence-electron chi connectivity index (χ3n) is 7.32. The lowest BCUT2D eigenvalue weighted by Gasteiger charge is -2.36. The van der Waals surface area contributed by atoms with Gasteiger partial charge in [0.1, 0.15) is 18.7 Å². The number of nitrogens with one attached hydrogen (secondary N) is 1. The van der Waals surface area contributed by atoms with E-state index in [9.17, 15) is 9.59 Å². The lowest BCUT2D eigenvalue weighted by Crippen LogP contribution is -2.46. The molecule has 0 fully saturated rings. The smallest absolute Gasteiger partial charge is 0.284 e. The van der Waals surface area contributed by atoms with E-state index in [4.69, 9.17) is 9.47 Å². The van der Waals surface area contributed by atoms with Crippen molar-refractivity contribution in [1.29, 1.82) is 0 Å². The zero-order chi connectivity index (χ0) is 28.9. The Morgan fingerprint density at radius 3 is 2.68 bits per heavy atom. The average molecular weight is 575 g/mol. The summed E-state index contributed by atoms with van der Waals surface area (Å²) >= 11 is 1.33. The number of aromatic nitrogens is 3. The molecule has 11 heteroatoms. The fraction of sp³-hybridized carbons (Fsp3) is 0.367. The minimum atomic E-state index is -0.315. The second-order valence-electron chi connectivity index (χ2n) is 10.4. The van der Waals surface area contributed by atoms with E-state index in [0.29, 0.717) is 41.7 Å². The molecule has 0 bridgehead atoms. The first kappa shape index (κ1) is 28.6. The molecular formula is C30H34N6O4S. The predicted molar refractivity (Wildman–Crippen MR) is 158 cm³/mol. The number of benzene rings is 2. The quantitative estimate of drug-likeness (QED) is 0.375. The molecule has 2 aromatic heterocycles. The van der Waals surface area contributed by atoms with Gasteiger partial charge in [0.2, 0.25) is 0 Å². The number of nitrogens with zero attached hydrogens (tertiary/aromatic N) is 5. The molecule has 10 nitrogen and oxygen atoms in total. The largest absolute Gasteiger partial charge is 0.491 e. The second-order valence-corrected chi connectivity index (χ2v) is 11.5. The van der Waals surface area contributed by atoms with E-state index in [1.165, 1.54) is 17.7 Å². The first-order chi connectivity index (χ1) is 19.8. The van der Waals surface area contributed by atoms with Crippen LogP contribution in [0, 0.1) is 5.92 Å². The number of thiazole rings is 1. The van der Waals surface area contributed by atoms with E-state index < -0.39 is 0 Å². The SMILES string of the molecule is CO[C@@H]1CN(C)C(=O)c2ccc(NC(=O)c3nc4ccccc4s3)cc2OC[C@H](C)N(Cc2cncnc2)C[C@H]1C. The molecule has 4 aromatic rings. The zero-order valence-corrected chi connectivity index (χ0v) is 24.4. The van der Waals surface area contributed by atoms with E-state index in [0.717, 1.165) is 22.3 Å². The monoisotopic (exact) mass is 574 g/mol. The number of hydrogen-bond acceptors (Lipinski definition) is 9. The predicted octanol–water partition coefficient (Wildman–Crippen LogP) is 4.34. The van der Waals surface area contributed by atoms with Gasteiger partial charge in [0.25, 0.3) is 11.8 Å². The third-order valence-corrected chi connectivity index (χ3v) is 8.36. The first-order valence-corrected chi connectivity index (χ1v) is 14.3. The molecule has 214 valence electrons. The van der Waals surface area contributed by atoms with E-state index >= 15 is 0 Å². The Kier molecular flexibility index (Phi) is 8.87. The van der Waals surface area contributed by atoms with Gasteiger partial charge in [-0.15, -0.1) is 11.3 Å². The molecule has 2 aromatic carbocycles. The van der Waals surface area contributed by atoms with Crippen molar-refractivity contribution >= 4 is 39.1 Å². The highest BCUT2D eigenvalue weighted by Gasteiger charge is 2.28. The second kappa shape index (κ2) is 12.7. The Labute approximate surface area is 243 Å². The van der Waals surface area contributed by atoms with Crippen molar-refractivity contribution in [3.05, 3.63) is 77.3 Å². The third kappa shape index (κ3) is 6.70. The summed E-state index contributed by atoms with van der Waals surface area (Å²) in [4.78, 5) is 43.3. The highest BCUT2D eigenvalue weighted by Crippen LogP contribution is 2.28. The maximum absolute atomic E-state index is 13.5. The van der Waals surface area contributed by atoms with Crippen LogP contribution in [0.1, 0.15) is 39.6 Å². The molecule has 1 N–H and O–H groups in total. The van der Waals surface area contributed by atoms with Crippen LogP contribution in [0.5, 0.6) is 5.75 Å². The molecule has 2 amide bonds. The fourth-order valence-electron chi connectivity index (χ4n) is 4.95. The Balaban J connectivity index is 1.42. The van der Waals surface area contributed by atoms with Crippen molar-refractivity contribution in [2.45, 2.75) is 32.5 Å². The van der Waals surface area contributed by atoms with Crippen molar-refractivity contribution in [3.63, 3.8) is 0 Å². The maximum Gasteiger partial charge on any atom is 0.284 e. The van der Waals surface area contributed by atoms with Crippen LogP contribution in [-0.2, 0) is 11.3 Å². The van der Waals surface area contributed by atoms with Gasteiger partial charge in [0.15, 0.2) is 5.01 Å². The Bertz CT molecular complexity index is 1480. The maximum atomic E-state index is 13.5. The van der Waals surface area contributed by atoms with Crippen molar-refractivity contribution < 1.29 is 19.1 Å². The van der Waals surface area contributed by atoms with Gasteiger partial charge >= 0.3 is 0 Å². The molecule has 0 saturated heterocycles. The number of likely N-dealkylation sites (N-methyl/N-ethyl adjacent to an activating group) is 1. The molecule has 0 radical (unpaired) electrons. The number of carbonyl (C=O) groups excluding carboxylic acids is 2. The molecule has 1 aliphatic rings. The van der Waals surface area contributed by atoms with Crippen molar-refractivity contribution in [2.75, 3.05) is 39.2 Å². The number of methoxy groups -OCH3 is 1. The highest BCUT2D eigenvalue weighted by molar-refractivity contribution is 7.20. The molecular weight excluding hydrogens is 540 g/mol. The van der Waals surface area contributed by atoms with Crippen LogP contribution in [0.25, 0.3) is 10.2 Å². The van der Waals surface area contributed by atoms with Gasteiger partial charge in [-0.3, -0.25) is 14.5 Å². The summed E-state index contributed by atoms with van der Waals surface area (Å²) in [5.41, 5.74) is 2.72. The van der Waals surface area contributed by atoms with Crippen LogP contribution in [0.3, 0.4) is 0 Å². The number of hydrogen-bond donors (Lipinski definition) is 1. The lowest BCUT2D eigenvalue weighted by atomic mass is 10.0. The average Bonchev–Trinajstić information content (AvgIpc) is 3.43. The first-order valence-electron chi connectivity index (χ1n) is 13.5. The van der Waals surface area contributed by atoms with E-state index in [1.807, 2.05) is 36.7 Å². The normalized spacial score (nSPS) is 20.5. The Morgan fingerprint density at radius 1 is 1.15 bits per heavy atom. The van der Waals surface area contributed by atoms with Crippen molar-refractivity contribution in [1.82, 2.24) is 24.8 Å². The summed E-state index contributed by atoms with van der Waals surface area (Å²) < 4.78 is 13.1. The fourth-order valence-corrected chi connectivity index (χ4v) is 5.81. The molecule has 41 heavy (non-hydrogen) atoms. The molecule has 3 heterocycles. The molecule has 1 aliphatic heterocycles. The van der Waals surface area contributed by atoms with E-state index in [1.54, 1.807) is 37.3 Å². The summed E-state index contributed by atoms with van der Waals surface area (Å²) in [5.74, 6) is 0.0526. The number of anilines is 1. The van der Waals surface area contributed by atoms with Gasteiger partial charge in [0.05, 0.1) is 21.9 Å². The van der Waals surface area contributed by atoms with Gasteiger partial charge in [-0.1, -0.05) is 19.1 Å². The summed E-state index contributed by atoms with van der Waals surface area (Å²) in [5, 5.41) is 3.28. The van der Waals surface area contributed by atoms with Crippen molar-refractivity contribution in [3.8, 4) is 5.75 Å². The molecule has 0 unspecified atom stereocenters. The number of fused-ring (bicyclic) bond motifs is 2. The molecule has 5 rings (SSSR count). The van der Waals surface area contributed by atoms with Crippen LogP contribution < -0.4 is 10.1 Å². The number of rotatable bonds is 5. The Morgan fingerprint density at radius 2 is 1.93 bits per heavy atom. The van der Waals surface area contributed by atoms with E-state index in [2.05, 4.69) is 39.0 Å². The number of amides is 2. The molecule has 0 aliphatic carbocycles. The summed E-state index contributed by atoms with van der Waals surface area (Å²) in [6.07, 6.45) is 4.99. The van der Waals surface area contributed by atoms with Crippen LogP contribution >= 0.6 is 11.3 Å². The summed E-state index contributed by atoms with van der Waals surface area (Å²) in [7, 11) is 3.45.